The normalized spacial score (nSPS) is 12.9. The lowest BCUT2D eigenvalue weighted by atomic mass is 10.2. The number of hydrogen-bond donors (Lipinski definition) is 2. The number of thiophene rings is 1. The summed E-state index contributed by atoms with van der Waals surface area (Å²) < 4.78 is 1.80. The van der Waals surface area contributed by atoms with Gasteiger partial charge in [0.25, 0.3) is 0 Å². The van der Waals surface area contributed by atoms with E-state index in [1.165, 1.54) is 11.3 Å². The minimum Gasteiger partial charge on any atom is -0.368 e. The van der Waals surface area contributed by atoms with Crippen LogP contribution in [0, 0.1) is 0 Å². The second kappa shape index (κ2) is 3.87. The molecule has 1 heterocycles. The summed E-state index contributed by atoms with van der Waals surface area (Å²) in [6.45, 7) is 0. The standard InChI is InChI=1S/C6H6Br2N2OS/c7-2-1-3(12-5(2)8)4(9)6(10)11/h1,4H,9H2,(H2,10,11). The molecule has 66 valence electrons. The molecule has 3 nitrogen and oxygen atoms in total. The van der Waals surface area contributed by atoms with Gasteiger partial charge in [-0.25, -0.2) is 0 Å². The van der Waals surface area contributed by atoms with Gasteiger partial charge in [0.1, 0.15) is 6.04 Å². The second-order valence-electron chi connectivity index (χ2n) is 2.15. The topological polar surface area (TPSA) is 69.1 Å². The molecule has 0 aliphatic heterocycles. The van der Waals surface area contributed by atoms with E-state index >= 15 is 0 Å². The molecule has 0 aromatic carbocycles. The van der Waals surface area contributed by atoms with Gasteiger partial charge in [0, 0.05) is 9.35 Å². The fourth-order valence-electron chi connectivity index (χ4n) is 0.657. The van der Waals surface area contributed by atoms with Gasteiger partial charge in [-0.2, -0.15) is 0 Å². The molecule has 1 unspecified atom stereocenters. The number of halogens is 2. The molecule has 0 aliphatic carbocycles. The van der Waals surface area contributed by atoms with Crippen LogP contribution < -0.4 is 11.5 Å². The maximum Gasteiger partial charge on any atom is 0.239 e. The van der Waals surface area contributed by atoms with Gasteiger partial charge in [0.05, 0.1) is 3.79 Å². The molecule has 1 atom stereocenters. The third kappa shape index (κ3) is 2.07. The van der Waals surface area contributed by atoms with Crippen LogP contribution in [-0.2, 0) is 4.79 Å². The van der Waals surface area contributed by atoms with Crippen LogP contribution in [0.5, 0.6) is 0 Å². The van der Waals surface area contributed by atoms with Crippen LogP contribution in [0.4, 0.5) is 0 Å². The van der Waals surface area contributed by atoms with Gasteiger partial charge >= 0.3 is 0 Å². The molecule has 1 rings (SSSR count). The Morgan fingerprint density at radius 3 is 2.50 bits per heavy atom. The van der Waals surface area contributed by atoms with Crippen molar-refractivity contribution in [2.24, 2.45) is 11.5 Å². The monoisotopic (exact) mass is 312 g/mol. The first-order valence-corrected chi connectivity index (χ1v) is 5.42. The summed E-state index contributed by atoms with van der Waals surface area (Å²) >= 11 is 7.98. The summed E-state index contributed by atoms with van der Waals surface area (Å²) in [5.41, 5.74) is 10.6. The molecule has 1 aromatic heterocycles. The highest BCUT2D eigenvalue weighted by molar-refractivity contribution is 9.13. The molecule has 1 aromatic rings. The Labute approximate surface area is 90.4 Å². The predicted molar refractivity (Wildman–Crippen MR) is 55.8 cm³/mol. The summed E-state index contributed by atoms with van der Waals surface area (Å²) in [5.74, 6) is -0.517. The van der Waals surface area contributed by atoms with E-state index in [9.17, 15) is 4.79 Å². The minimum absolute atomic E-state index is 0.517. The third-order valence-electron chi connectivity index (χ3n) is 1.28. The van der Waals surface area contributed by atoms with E-state index < -0.39 is 11.9 Å². The van der Waals surface area contributed by atoms with Crippen molar-refractivity contribution in [2.45, 2.75) is 6.04 Å². The molecule has 6 heteroatoms. The lowest BCUT2D eigenvalue weighted by Crippen LogP contribution is -2.27. The van der Waals surface area contributed by atoms with Crippen LogP contribution in [0.25, 0.3) is 0 Å². The van der Waals surface area contributed by atoms with Gasteiger partial charge in [-0.15, -0.1) is 11.3 Å². The lowest BCUT2D eigenvalue weighted by molar-refractivity contribution is -0.119. The highest BCUT2D eigenvalue weighted by Crippen LogP contribution is 2.34. The van der Waals surface area contributed by atoms with Crippen molar-refractivity contribution in [1.82, 2.24) is 0 Å². The summed E-state index contributed by atoms with van der Waals surface area (Å²) in [6, 6.07) is 1.07. The first-order chi connectivity index (χ1) is 5.52. The van der Waals surface area contributed by atoms with E-state index in [0.29, 0.717) is 0 Å². The molecular weight excluding hydrogens is 308 g/mol. The van der Waals surface area contributed by atoms with E-state index in [1.54, 1.807) is 6.07 Å². The summed E-state index contributed by atoms with van der Waals surface area (Å²) in [5, 5.41) is 0. The summed E-state index contributed by atoms with van der Waals surface area (Å²) in [6.07, 6.45) is 0. The number of carbonyl (C=O) groups is 1. The van der Waals surface area contributed by atoms with Crippen molar-refractivity contribution in [3.63, 3.8) is 0 Å². The van der Waals surface area contributed by atoms with Gasteiger partial charge in [-0.1, -0.05) is 0 Å². The van der Waals surface area contributed by atoms with E-state index in [-0.39, 0.29) is 0 Å². The Balaban J connectivity index is 2.96. The van der Waals surface area contributed by atoms with Gasteiger partial charge in [-0.3, -0.25) is 4.79 Å². The molecule has 0 bridgehead atoms. The maximum absolute atomic E-state index is 10.7. The molecule has 12 heavy (non-hydrogen) atoms. The number of nitrogens with two attached hydrogens (primary N) is 2. The number of rotatable bonds is 2. The van der Waals surface area contributed by atoms with Crippen molar-refractivity contribution >= 4 is 49.1 Å². The van der Waals surface area contributed by atoms with Crippen LogP contribution in [0.2, 0.25) is 0 Å². The van der Waals surface area contributed by atoms with E-state index in [2.05, 4.69) is 31.9 Å². The molecule has 0 fully saturated rings. The zero-order valence-corrected chi connectivity index (χ0v) is 9.87. The predicted octanol–water partition coefficient (Wildman–Crippen LogP) is 1.76. The van der Waals surface area contributed by atoms with Crippen LogP contribution in [0.15, 0.2) is 14.3 Å². The van der Waals surface area contributed by atoms with Crippen molar-refractivity contribution in [3.05, 3.63) is 19.2 Å². The Morgan fingerprint density at radius 2 is 2.17 bits per heavy atom. The zero-order chi connectivity index (χ0) is 9.30. The van der Waals surface area contributed by atoms with Crippen LogP contribution in [0.3, 0.4) is 0 Å². The summed E-state index contributed by atoms with van der Waals surface area (Å²) in [7, 11) is 0. The van der Waals surface area contributed by atoms with Crippen LogP contribution in [-0.4, -0.2) is 5.91 Å². The first kappa shape index (κ1) is 10.2. The van der Waals surface area contributed by atoms with Crippen molar-refractivity contribution in [1.29, 1.82) is 0 Å². The first-order valence-electron chi connectivity index (χ1n) is 3.02. The average Bonchev–Trinajstić information content (AvgIpc) is 2.30. The smallest absolute Gasteiger partial charge is 0.239 e. The largest absolute Gasteiger partial charge is 0.368 e. The Bertz CT molecular complexity index is 293. The molecule has 0 spiro atoms. The molecule has 0 radical (unpaired) electrons. The Kier molecular flexibility index (Phi) is 3.28. The molecule has 0 aliphatic rings. The summed E-state index contributed by atoms with van der Waals surface area (Å²) in [4.78, 5) is 11.4. The molecule has 0 saturated heterocycles. The molecule has 4 N–H and O–H groups in total. The Hall–Kier alpha value is 0.0900. The van der Waals surface area contributed by atoms with Crippen LogP contribution >= 0.6 is 43.2 Å². The molecular formula is C6H6Br2N2OS. The van der Waals surface area contributed by atoms with Crippen molar-refractivity contribution < 1.29 is 4.79 Å². The highest BCUT2D eigenvalue weighted by atomic mass is 79.9. The third-order valence-corrected chi connectivity index (χ3v) is 4.62. The highest BCUT2D eigenvalue weighted by Gasteiger charge is 2.15. The maximum atomic E-state index is 10.7. The zero-order valence-electron chi connectivity index (χ0n) is 5.88. The van der Waals surface area contributed by atoms with E-state index in [4.69, 9.17) is 11.5 Å². The van der Waals surface area contributed by atoms with Crippen molar-refractivity contribution in [3.8, 4) is 0 Å². The van der Waals surface area contributed by atoms with Crippen molar-refractivity contribution in [2.75, 3.05) is 0 Å². The lowest BCUT2D eigenvalue weighted by Gasteiger charge is -2.01. The van der Waals surface area contributed by atoms with E-state index in [1.807, 2.05) is 0 Å². The van der Waals surface area contributed by atoms with Gasteiger partial charge in [0.15, 0.2) is 0 Å². The minimum atomic E-state index is -0.711. The second-order valence-corrected chi connectivity index (χ2v) is 5.41. The molecule has 0 saturated carbocycles. The number of carbonyl (C=O) groups excluding carboxylic acids is 1. The van der Waals surface area contributed by atoms with Gasteiger partial charge in [-0.05, 0) is 37.9 Å². The molecule has 1 amide bonds. The van der Waals surface area contributed by atoms with Crippen LogP contribution in [0.1, 0.15) is 10.9 Å². The number of hydrogen-bond acceptors (Lipinski definition) is 3. The number of amides is 1. The Morgan fingerprint density at radius 1 is 1.58 bits per heavy atom. The van der Waals surface area contributed by atoms with Gasteiger partial charge in [0.2, 0.25) is 5.91 Å². The fourth-order valence-corrected chi connectivity index (χ4v) is 2.76. The average molecular weight is 314 g/mol. The van der Waals surface area contributed by atoms with E-state index in [0.717, 1.165) is 13.1 Å². The number of primary amides is 1. The SMILES string of the molecule is NC(=O)C(N)c1cc(Br)c(Br)s1. The fraction of sp³-hybridized carbons (Fsp3) is 0.167. The van der Waals surface area contributed by atoms with Gasteiger partial charge < -0.3 is 11.5 Å². The quantitative estimate of drug-likeness (QED) is 0.873.